The lowest BCUT2D eigenvalue weighted by Crippen LogP contribution is -2.55. The zero-order valence-corrected chi connectivity index (χ0v) is 12.4. The standard InChI is InChI=1S/C14H26N4O/c1-14(2,18-8-10-19-11-9-18)12-16(3)6-7-17-5-4-15-13-17/h4-5,13H,6-12H2,1-3H3. The quantitative estimate of drug-likeness (QED) is 0.767. The third kappa shape index (κ3) is 4.30. The van der Waals surface area contributed by atoms with Gasteiger partial charge in [0.2, 0.25) is 0 Å². The van der Waals surface area contributed by atoms with Crippen LogP contribution >= 0.6 is 0 Å². The Kier molecular flexibility index (Phi) is 4.96. The van der Waals surface area contributed by atoms with Gasteiger partial charge in [-0.1, -0.05) is 0 Å². The molecule has 1 aliphatic rings. The van der Waals surface area contributed by atoms with Gasteiger partial charge in [-0.05, 0) is 20.9 Å². The van der Waals surface area contributed by atoms with E-state index in [1.807, 2.05) is 18.7 Å². The second-order valence-corrected chi connectivity index (χ2v) is 5.95. The average Bonchev–Trinajstić information content (AvgIpc) is 2.90. The summed E-state index contributed by atoms with van der Waals surface area (Å²) >= 11 is 0. The van der Waals surface area contributed by atoms with Gasteiger partial charge >= 0.3 is 0 Å². The van der Waals surface area contributed by atoms with Crippen LogP contribution in [0.25, 0.3) is 0 Å². The summed E-state index contributed by atoms with van der Waals surface area (Å²) in [6.45, 7) is 11.6. The molecule has 1 saturated heterocycles. The van der Waals surface area contributed by atoms with Crippen LogP contribution < -0.4 is 0 Å². The third-order valence-corrected chi connectivity index (χ3v) is 3.82. The molecule has 0 unspecified atom stereocenters. The summed E-state index contributed by atoms with van der Waals surface area (Å²) in [6.07, 6.45) is 5.72. The number of likely N-dealkylation sites (N-methyl/N-ethyl adjacent to an activating group) is 1. The molecule has 2 rings (SSSR count). The smallest absolute Gasteiger partial charge is 0.0946 e. The first kappa shape index (κ1) is 14.5. The lowest BCUT2D eigenvalue weighted by atomic mass is 10.0. The Morgan fingerprint density at radius 3 is 2.68 bits per heavy atom. The van der Waals surface area contributed by atoms with Gasteiger partial charge in [-0.3, -0.25) is 4.90 Å². The van der Waals surface area contributed by atoms with Crippen LogP contribution in [0.5, 0.6) is 0 Å². The number of imidazole rings is 1. The summed E-state index contributed by atoms with van der Waals surface area (Å²) < 4.78 is 7.55. The van der Waals surface area contributed by atoms with Crippen LogP contribution in [0, 0.1) is 0 Å². The van der Waals surface area contributed by atoms with Gasteiger partial charge in [-0.25, -0.2) is 4.98 Å². The van der Waals surface area contributed by atoms with Gasteiger partial charge in [0.1, 0.15) is 0 Å². The van der Waals surface area contributed by atoms with Crippen LogP contribution in [0.1, 0.15) is 13.8 Å². The maximum atomic E-state index is 5.43. The van der Waals surface area contributed by atoms with Crippen molar-refractivity contribution in [1.82, 2.24) is 19.4 Å². The molecule has 2 heterocycles. The van der Waals surface area contributed by atoms with Crippen molar-refractivity contribution >= 4 is 0 Å². The zero-order valence-electron chi connectivity index (χ0n) is 12.4. The van der Waals surface area contributed by atoms with E-state index >= 15 is 0 Å². The molecular weight excluding hydrogens is 240 g/mol. The molecule has 5 heteroatoms. The molecule has 0 spiro atoms. The molecule has 0 bridgehead atoms. The molecule has 0 saturated carbocycles. The molecule has 0 N–H and O–H groups in total. The molecule has 1 aliphatic heterocycles. The predicted molar refractivity (Wildman–Crippen MR) is 76.2 cm³/mol. The zero-order chi connectivity index (χ0) is 13.7. The van der Waals surface area contributed by atoms with E-state index in [1.165, 1.54) is 0 Å². The lowest BCUT2D eigenvalue weighted by molar-refractivity contribution is -0.0195. The SMILES string of the molecule is CN(CCn1ccnc1)CC(C)(C)N1CCOCC1. The van der Waals surface area contributed by atoms with Crippen molar-refractivity contribution in [2.75, 3.05) is 46.4 Å². The molecule has 0 atom stereocenters. The molecule has 1 fully saturated rings. The van der Waals surface area contributed by atoms with Crippen LogP contribution in [0.2, 0.25) is 0 Å². The molecule has 19 heavy (non-hydrogen) atoms. The number of morpholine rings is 1. The maximum Gasteiger partial charge on any atom is 0.0946 e. The number of nitrogens with zero attached hydrogens (tertiary/aromatic N) is 4. The second kappa shape index (κ2) is 6.50. The summed E-state index contributed by atoms with van der Waals surface area (Å²) in [4.78, 5) is 9.00. The van der Waals surface area contributed by atoms with Crippen LogP contribution in [0.15, 0.2) is 18.7 Å². The van der Waals surface area contributed by atoms with Crippen LogP contribution in [0.3, 0.4) is 0 Å². The minimum atomic E-state index is 0.202. The Morgan fingerprint density at radius 2 is 2.05 bits per heavy atom. The van der Waals surface area contributed by atoms with Crippen molar-refractivity contribution < 1.29 is 4.74 Å². The first-order chi connectivity index (χ1) is 9.08. The van der Waals surface area contributed by atoms with Gasteiger partial charge in [-0.2, -0.15) is 0 Å². The first-order valence-corrected chi connectivity index (χ1v) is 7.05. The average molecular weight is 266 g/mol. The van der Waals surface area contributed by atoms with Crippen molar-refractivity contribution in [2.24, 2.45) is 0 Å². The molecule has 0 amide bonds. The lowest BCUT2D eigenvalue weighted by Gasteiger charge is -2.42. The molecule has 1 aromatic heterocycles. The summed E-state index contributed by atoms with van der Waals surface area (Å²) in [5.74, 6) is 0. The van der Waals surface area contributed by atoms with E-state index in [1.54, 1.807) is 0 Å². The van der Waals surface area contributed by atoms with Crippen LogP contribution in [0.4, 0.5) is 0 Å². The Balaban J connectivity index is 1.77. The monoisotopic (exact) mass is 266 g/mol. The summed E-state index contributed by atoms with van der Waals surface area (Å²) in [5.41, 5.74) is 0.202. The van der Waals surface area contributed by atoms with Crippen molar-refractivity contribution in [2.45, 2.75) is 25.9 Å². The predicted octanol–water partition coefficient (Wildman–Crippen LogP) is 0.926. The molecule has 0 aromatic carbocycles. The summed E-state index contributed by atoms with van der Waals surface area (Å²) in [6, 6.07) is 0. The number of hydrogen-bond acceptors (Lipinski definition) is 4. The van der Waals surface area contributed by atoms with E-state index in [0.29, 0.717) is 0 Å². The highest BCUT2D eigenvalue weighted by Crippen LogP contribution is 2.17. The minimum absolute atomic E-state index is 0.202. The summed E-state index contributed by atoms with van der Waals surface area (Å²) in [5, 5.41) is 0. The summed E-state index contributed by atoms with van der Waals surface area (Å²) in [7, 11) is 2.19. The fourth-order valence-corrected chi connectivity index (χ4v) is 2.71. The first-order valence-electron chi connectivity index (χ1n) is 7.05. The minimum Gasteiger partial charge on any atom is -0.379 e. The molecule has 0 radical (unpaired) electrons. The maximum absolute atomic E-state index is 5.43. The van der Waals surface area contributed by atoms with E-state index in [0.717, 1.165) is 45.9 Å². The van der Waals surface area contributed by atoms with Crippen molar-refractivity contribution in [3.05, 3.63) is 18.7 Å². The highest BCUT2D eigenvalue weighted by molar-refractivity contribution is 4.86. The Morgan fingerprint density at radius 1 is 1.32 bits per heavy atom. The topological polar surface area (TPSA) is 33.5 Å². The molecule has 5 nitrogen and oxygen atoms in total. The molecule has 108 valence electrons. The van der Waals surface area contributed by atoms with Gasteiger partial charge in [-0.15, -0.1) is 0 Å². The highest BCUT2D eigenvalue weighted by Gasteiger charge is 2.29. The molecule has 0 aliphatic carbocycles. The molecule has 1 aromatic rings. The van der Waals surface area contributed by atoms with Gasteiger partial charge in [0.15, 0.2) is 0 Å². The van der Waals surface area contributed by atoms with Gasteiger partial charge in [0.25, 0.3) is 0 Å². The van der Waals surface area contributed by atoms with E-state index in [4.69, 9.17) is 4.74 Å². The van der Waals surface area contributed by atoms with E-state index in [9.17, 15) is 0 Å². The van der Waals surface area contributed by atoms with Crippen molar-refractivity contribution in [1.29, 1.82) is 0 Å². The van der Waals surface area contributed by atoms with Crippen molar-refractivity contribution in [3.63, 3.8) is 0 Å². The fourth-order valence-electron chi connectivity index (χ4n) is 2.71. The van der Waals surface area contributed by atoms with E-state index < -0.39 is 0 Å². The van der Waals surface area contributed by atoms with Gasteiger partial charge < -0.3 is 14.2 Å². The Hall–Kier alpha value is -0.910. The molecular formula is C14H26N4O. The van der Waals surface area contributed by atoms with E-state index in [-0.39, 0.29) is 5.54 Å². The van der Waals surface area contributed by atoms with Gasteiger partial charge in [0, 0.05) is 50.7 Å². The number of ether oxygens (including phenoxy) is 1. The second-order valence-electron chi connectivity index (χ2n) is 5.95. The third-order valence-electron chi connectivity index (χ3n) is 3.82. The Labute approximate surface area is 116 Å². The van der Waals surface area contributed by atoms with Crippen LogP contribution in [-0.4, -0.2) is 71.3 Å². The van der Waals surface area contributed by atoms with E-state index in [2.05, 4.69) is 40.2 Å². The number of aromatic nitrogens is 2. The number of hydrogen-bond donors (Lipinski definition) is 0. The fraction of sp³-hybridized carbons (Fsp3) is 0.786. The number of rotatable bonds is 6. The largest absolute Gasteiger partial charge is 0.379 e. The normalized spacial score (nSPS) is 18.1. The van der Waals surface area contributed by atoms with Gasteiger partial charge in [0.05, 0.1) is 19.5 Å². The van der Waals surface area contributed by atoms with Crippen molar-refractivity contribution in [3.8, 4) is 0 Å². The Bertz CT molecular complexity index is 358. The van der Waals surface area contributed by atoms with Crippen LogP contribution in [-0.2, 0) is 11.3 Å². The highest BCUT2D eigenvalue weighted by atomic mass is 16.5.